The maximum Gasteiger partial charge on any atom is 0.0562 e. The van der Waals surface area contributed by atoms with E-state index < -0.39 is 0 Å². The van der Waals surface area contributed by atoms with Crippen LogP contribution in [0.4, 0.5) is 17.1 Å². The normalized spacial score (nSPS) is 12.7. The van der Waals surface area contributed by atoms with Crippen molar-refractivity contribution in [2.45, 2.75) is 19.3 Å². The predicted molar refractivity (Wildman–Crippen MR) is 249 cm³/mol. The summed E-state index contributed by atoms with van der Waals surface area (Å²) >= 11 is 0. The molecule has 9 aromatic carbocycles. The van der Waals surface area contributed by atoms with Crippen LogP contribution in [0.2, 0.25) is 0 Å². The molecular formula is C57H42N2. The van der Waals surface area contributed by atoms with Gasteiger partial charge in [0.05, 0.1) is 22.4 Å². The largest absolute Gasteiger partial charge is 0.310 e. The van der Waals surface area contributed by atoms with Gasteiger partial charge in [-0.25, -0.2) is 0 Å². The van der Waals surface area contributed by atoms with Gasteiger partial charge in [0.1, 0.15) is 0 Å². The van der Waals surface area contributed by atoms with E-state index in [2.05, 4.69) is 242 Å². The summed E-state index contributed by atoms with van der Waals surface area (Å²) in [5, 5.41) is 2.42. The number of aromatic nitrogens is 1. The zero-order valence-electron chi connectivity index (χ0n) is 33.2. The highest BCUT2D eigenvalue weighted by Gasteiger charge is 2.36. The van der Waals surface area contributed by atoms with E-state index in [4.69, 9.17) is 0 Å². The predicted octanol–water partition coefficient (Wildman–Crippen LogP) is 15.6. The summed E-state index contributed by atoms with van der Waals surface area (Å²) in [7, 11) is 0. The van der Waals surface area contributed by atoms with E-state index in [1.807, 2.05) is 0 Å². The van der Waals surface area contributed by atoms with Crippen LogP contribution in [0.1, 0.15) is 25.0 Å². The summed E-state index contributed by atoms with van der Waals surface area (Å²) in [6.07, 6.45) is 0. The third-order valence-electron chi connectivity index (χ3n) is 12.4. The second-order valence-electron chi connectivity index (χ2n) is 16.1. The summed E-state index contributed by atoms with van der Waals surface area (Å²) in [5.74, 6) is 0. The molecule has 0 saturated carbocycles. The van der Waals surface area contributed by atoms with Gasteiger partial charge in [0.25, 0.3) is 0 Å². The molecule has 0 spiro atoms. The number of fused-ring (bicyclic) bond motifs is 6. The van der Waals surface area contributed by atoms with E-state index >= 15 is 0 Å². The molecule has 0 amide bonds. The van der Waals surface area contributed by atoms with Gasteiger partial charge in [0, 0.05) is 33.1 Å². The van der Waals surface area contributed by atoms with Gasteiger partial charge in [0.2, 0.25) is 0 Å². The van der Waals surface area contributed by atoms with E-state index in [0.717, 1.165) is 28.3 Å². The molecule has 59 heavy (non-hydrogen) atoms. The summed E-state index contributed by atoms with van der Waals surface area (Å²) in [5.41, 5.74) is 19.3. The Labute approximate surface area is 345 Å². The zero-order chi connectivity index (χ0) is 39.5. The fourth-order valence-corrected chi connectivity index (χ4v) is 9.62. The molecule has 0 aliphatic heterocycles. The molecule has 280 valence electrons. The molecule has 0 fully saturated rings. The number of benzene rings is 9. The first-order valence-corrected chi connectivity index (χ1v) is 20.5. The number of nitrogens with zero attached hydrogens (tertiary/aromatic N) is 2. The highest BCUT2D eigenvalue weighted by Crippen LogP contribution is 2.52. The van der Waals surface area contributed by atoms with Crippen molar-refractivity contribution >= 4 is 38.9 Å². The molecule has 1 heterocycles. The summed E-state index contributed by atoms with van der Waals surface area (Å²) < 4.78 is 2.48. The van der Waals surface area contributed by atoms with Gasteiger partial charge >= 0.3 is 0 Å². The highest BCUT2D eigenvalue weighted by molar-refractivity contribution is 6.17. The van der Waals surface area contributed by atoms with Crippen LogP contribution in [-0.2, 0) is 5.41 Å². The van der Waals surface area contributed by atoms with Crippen molar-refractivity contribution in [2.75, 3.05) is 4.90 Å². The average Bonchev–Trinajstić information content (AvgIpc) is 3.76. The Bertz CT molecular complexity index is 3170. The molecule has 0 N–H and O–H groups in total. The lowest BCUT2D eigenvalue weighted by atomic mass is 9.82. The molecule has 0 bridgehead atoms. The Balaban J connectivity index is 1.15. The number of para-hydroxylation sites is 2. The molecule has 10 aromatic rings. The Hall–Kier alpha value is -7.42. The van der Waals surface area contributed by atoms with Gasteiger partial charge in [-0.05, 0) is 98.6 Å². The first-order chi connectivity index (χ1) is 29.1. The first kappa shape index (κ1) is 34.8. The van der Waals surface area contributed by atoms with Crippen molar-refractivity contribution < 1.29 is 0 Å². The maximum absolute atomic E-state index is 2.48. The topological polar surface area (TPSA) is 8.17 Å². The van der Waals surface area contributed by atoms with Crippen molar-refractivity contribution in [2.24, 2.45) is 0 Å². The van der Waals surface area contributed by atoms with Crippen molar-refractivity contribution in [3.8, 4) is 50.2 Å². The van der Waals surface area contributed by atoms with E-state index in [-0.39, 0.29) is 5.41 Å². The van der Waals surface area contributed by atoms with Crippen LogP contribution in [0.3, 0.4) is 0 Å². The molecule has 11 rings (SSSR count). The van der Waals surface area contributed by atoms with Crippen molar-refractivity contribution in [1.29, 1.82) is 0 Å². The van der Waals surface area contributed by atoms with Gasteiger partial charge < -0.3 is 9.47 Å². The van der Waals surface area contributed by atoms with Crippen LogP contribution in [0.15, 0.2) is 218 Å². The summed E-state index contributed by atoms with van der Waals surface area (Å²) in [6.45, 7) is 4.73. The minimum atomic E-state index is -0.132. The molecule has 0 radical (unpaired) electrons. The lowest BCUT2D eigenvalue weighted by molar-refractivity contribution is 0.660. The monoisotopic (exact) mass is 754 g/mol. The van der Waals surface area contributed by atoms with Gasteiger partial charge in [-0.1, -0.05) is 184 Å². The van der Waals surface area contributed by atoms with E-state index in [0.29, 0.717) is 0 Å². The Morgan fingerprint density at radius 2 is 0.932 bits per heavy atom. The van der Waals surface area contributed by atoms with Gasteiger partial charge in [-0.3, -0.25) is 0 Å². The molecule has 1 aliphatic carbocycles. The third-order valence-corrected chi connectivity index (χ3v) is 12.4. The van der Waals surface area contributed by atoms with Crippen LogP contribution < -0.4 is 4.90 Å². The fraction of sp³-hybridized carbons (Fsp3) is 0.0526. The van der Waals surface area contributed by atoms with E-state index in [9.17, 15) is 0 Å². The second kappa shape index (κ2) is 13.9. The lowest BCUT2D eigenvalue weighted by Gasteiger charge is -2.29. The molecule has 0 atom stereocenters. The molecule has 0 saturated heterocycles. The van der Waals surface area contributed by atoms with Crippen molar-refractivity contribution in [1.82, 2.24) is 4.57 Å². The Kier molecular flexibility index (Phi) is 8.20. The van der Waals surface area contributed by atoms with Gasteiger partial charge in [0.15, 0.2) is 0 Å². The number of anilines is 3. The summed E-state index contributed by atoms with van der Waals surface area (Å²) in [6, 6.07) is 79.8. The third kappa shape index (κ3) is 5.63. The minimum absolute atomic E-state index is 0.132. The molecule has 1 aliphatic rings. The summed E-state index contributed by atoms with van der Waals surface area (Å²) in [4.78, 5) is 2.48. The molecule has 0 unspecified atom stereocenters. The van der Waals surface area contributed by atoms with E-state index in [1.165, 1.54) is 71.9 Å². The molecular weight excluding hydrogens is 713 g/mol. The Morgan fingerprint density at radius 1 is 0.373 bits per heavy atom. The smallest absolute Gasteiger partial charge is 0.0562 e. The minimum Gasteiger partial charge on any atom is -0.310 e. The van der Waals surface area contributed by atoms with Gasteiger partial charge in [-0.2, -0.15) is 0 Å². The number of hydrogen-bond acceptors (Lipinski definition) is 1. The van der Waals surface area contributed by atoms with Crippen molar-refractivity contribution in [3.05, 3.63) is 230 Å². The van der Waals surface area contributed by atoms with Crippen LogP contribution in [0.5, 0.6) is 0 Å². The zero-order valence-corrected chi connectivity index (χ0v) is 33.2. The number of hydrogen-bond donors (Lipinski definition) is 0. The van der Waals surface area contributed by atoms with Gasteiger partial charge in [-0.15, -0.1) is 0 Å². The second-order valence-corrected chi connectivity index (χ2v) is 16.1. The molecule has 2 nitrogen and oxygen atoms in total. The van der Waals surface area contributed by atoms with Crippen LogP contribution in [0, 0.1) is 0 Å². The fourth-order valence-electron chi connectivity index (χ4n) is 9.62. The highest BCUT2D eigenvalue weighted by atomic mass is 15.1. The SMILES string of the molecule is CC1(C)c2ccccc2-c2ccc(N(c3ccc(-c4ccccc4)cc3)c3cccc4c3c3ccccc3n4-c3ccccc3-c3ccccc3-c3ccccc3)cc21. The Morgan fingerprint density at radius 3 is 1.71 bits per heavy atom. The molecule has 2 heteroatoms. The van der Waals surface area contributed by atoms with Crippen LogP contribution >= 0.6 is 0 Å². The number of rotatable bonds is 7. The lowest BCUT2D eigenvalue weighted by Crippen LogP contribution is -2.16. The average molecular weight is 755 g/mol. The molecule has 1 aromatic heterocycles. The first-order valence-electron chi connectivity index (χ1n) is 20.5. The van der Waals surface area contributed by atoms with Crippen LogP contribution in [-0.4, -0.2) is 4.57 Å². The van der Waals surface area contributed by atoms with Crippen molar-refractivity contribution in [3.63, 3.8) is 0 Å². The van der Waals surface area contributed by atoms with Crippen LogP contribution in [0.25, 0.3) is 72.0 Å². The maximum atomic E-state index is 2.48. The standard InChI is InChI=1S/C57H42N2/c1-57(2)50-27-14-11-24-46(50)47-37-36-43(38-51(47)57)58(42-34-32-40(33-35-42)39-18-5-3-6-19-39)54-30-17-31-55-56(54)49-26-13-16-29-53(49)59(55)52-28-15-12-25-48(52)45-23-10-9-22-44(45)41-20-7-4-8-21-41/h3-38H,1-2H3. The van der Waals surface area contributed by atoms with E-state index in [1.54, 1.807) is 0 Å². The quantitative estimate of drug-likeness (QED) is 0.157.